The molecule has 1 aliphatic rings. The highest BCUT2D eigenvalue weighted by Gasteiger charge is 2.26. The van der Waals surface area contributed by atoms with Crippen LogP contribution in [0.25, 0.3) is 0 Å². The molecular weight excluding hydrogens is 350 g/mol. The maximum atomic E-state index is 12.3. The third-order valence-corrected chi connectivity index (χ3v) is 5.96. The molecule has 5 heteroatoms. The highest BCUT2D eigenvalue weighted by molar-refractivity contribution is 5.76. The molecule has 5 nitrogen and oxygen atoms in total. The average Bonchev–Trinajstić information content (AvgIpc) is 2.71. The number of hydrogen-bond acceptors (Lipinski definition) is 3. The third kappa shape index (κ3) is 7.27. The zero-order chi connectivity index (χ0) is 20.4. The van der Waals surface area contributed by atoms with Gasteiger partial charge < -0.3 is 16.0 Å². The monoisotopic (exact) mass is 387 g/mol. The van der Waals surface area contributed by atoms with E-state index in [4.69, 9.17) is 5.73 Å². The number of nitrogens with two attached hydrogens (primary N) is 1. The van der Waals surface area contributed by atoms with Gasteiger partial charge in [0.15, 0.2) is 0 Å². The van der Waals surface area contributed by atoms with Crippen LogP contribution in [0.1, 0.15) is 81.8 Å². The Labute approximate surface area is 170 Å². The quantitative estimate of drug-likeness (QED) is 0.568. The van der Waals surface area contributed by atoms with Gasteiger partial charge in [0, 0.05) is 39.0 Å². The van der Waals surface area contributed by atoms with E-state index in [1.54, 1.807) is 0 Å². The van der Waals surface area contributed by atoms with Gasteiger partial charge in [-0.1, -0.05) is 44.0 Å². The topological polar surface area (TPSA) is 75.4 Å². The van der Waals surface area contributed by atoms with Gasteiger partial charge in [-0.05, 0) is 49.1 Å². The van der Waals surface area contributed by atoms with Crippen molar-refractivity contribution in [3.05, 3.63) is 35.4 Å². The average molecular weight is 388 g/mol. The number of unbranched alkanes of at least 4 members (excludes halogenated alkanes) is 2. The Bertz CT molecular complexity index is 607. The summed E-state index contributed by atoms with van der Waals surface area (Å²) < 4.78 is 0. The molecule has 1 fully saturated rings. The van der Waals surface area contributed by atoms with E-state index in [2.05, 4.69) is 36.5 Å². The number of nitrogens with zero attached hydrogens (tertiary/aromatic N) is 1. The minimum atomic E-state index is -0.272. The van der Waals surface area contributed by atoms with Crippen LogP contribution in [0.3, 0.4) is 0 Å². The molecule has 0 saturated heterocycles. The zero-order valence-corrected chi connectivity index (χ0v) is 17.6. The Morgan fingerprint density at radius 1 is 1.07 bits per heavy atom. The lowest BCUT2D eigenvalue weighted by atomic mass is 9.81. The molecule has 2 rings (SSSR count). The van der Waals surface area contributed by atoms with Crippen molar-refractivity contribution in [1.29, 1.82) is 0 Å². The van der Waals surface area contributed by atoms with Crippen LogP contribution in [-0.4, -0.2) is 36.3 Å². The van der Waals surface area contributed by atoms with Gasteiger partial charge in [0.05, 0.1) is 0 Å². The number of rotatable bonds is 11. The predicted molar refractivity (Wildman–Crippen MR) is 114 cm³/mol. The standard InChI is InChI=1S/C23H37N3O2/c1-3-4-5-6-23(28)26(2)21-13-11-20(12-14-21)19-9-7-18(8-10-19)17-25-16-15-22(24)27/h7-10,20-21,25H,3-6,11-17H2,1-2H3,(H2,24,27). The fourth-order valence-electron chi connectivity index (χ4n) is 4.05. The van der Waals surface area contributed by atoms with Gasteiger partial charge in [-0.2, -0.15) is 0 Å². The van der Waals surface area contributed by atoms with Gasteiger partial charge in [0.2, 0.25) is 11.8 Å². The van der Waals surface area contributed by atoms with Gasteiger partial charge in [0.25, 0.3) is 0 Å². The fraction of sp³-hybridized carbons (Fsp3) is 0.652. The second kappa shape index (κ2) is 11.8. The second-order valence-electron chi connectivity index (χ2n) is 8.10. The predicted octanol–water partition coefficient (Wildman–Crippen LogP) is 3.72. The van der Waals surface area contributed by atoms with Crippen LogP contribution in [0.4, 0.5) is 0 Å². The van der Waals surface area contributed by atoms with Crippen LogP contribution in [0.5, 0.6) is 0 Å². The molecule has 156 valence electrons. The number of carbonyl (C=O) groups is 2. The first-order valence-corrected chi connectivity index (χ1v) is 10.8. The lowest BCUT2D eigenvalue weighted by Gasteiger charge is -2.35. The smallest absolute Gasteiger partial charge is 0.222 e. The van der Waals surface area contributed by atoms with Gasteiger partial charge in [-0.3, -0.25) is 9.59 Å². The maximum absolute atomic E-state index is 12.3. The van der Waals surface area contributed by atoms with Crippen LogP contribution in [0.15, 0.2) is 24.3 Å². The Kier molecular flexibility index (Phi) is 9.48. The second-order valence-corrected chi connectivity index (χ2v) is 8.10. The largest absolute Gasteiger partial charge is 0.370 e. The van der Waals surface area contributed by atoms with E-state index in [0.29, 0.717) is 37.3 Å². The first-order chi connectivity index (χ1) is 13.5. The van der Waals surface area contributed by atoms with E-state index in [-0.39, 0.29) is 5.91 Å². The fourth-order valence-corrected chi connectivity index (χ4v) is 4.05. The molecule has 2 amide bonds. The molecule has 3 N–H and O–H groups in total. The molecular formula is C23H37N3O2. The molecule has 1 aromatic rings. The Morgan fingerprint density at radius 3 is 2.36 bits per heavy atom. The molecule has 1 saturated carbocycles. The molecule has 0 aliphatic heterocycles. The Morgan fingerprint density at radius 2 is 1.75 bits per heavy atom. The maximum Gasteiger partial charge on any atom is 0.222 e. The number of primary amides is 1. The van der Waals surface area contributed by atoms with E-state index >= 15 is 0 Å². The normalized spacial score (nSPS) is 19.4. The van der Waals surface area contributed by atoms with E-state index in [0.717, 1.165) is 51.5 Å². The molecule has 0 unspecified atom stereocenters. The first-order valence-electron chi connectivity index (χ1n) is 10.8. The van der Waals surface area contributed by atoms with Crippen LogP contribution in [-0.2, 0) is 16.1 Å². The zero-order valence-electron chi connectivity index (χ0n) is 17.6. The number of hydrogen-bond donors (Lipinski definition) is 2. The van der Waals surface area contributed by atoms with Crippen molar-refractivity contribution in [3.8, 4) is 0 Å². The van der Waals surface area contributed by atoms with Crippen LogP contribution >= 0.6 is 0 Å². The van der Waals surface area contributed by atoms with Gasteiger partial charge in [0.1, 0.15) is 0 Å². The summed E-state index contributed by atoms with van der Waals surface area (Å²) in [6.45, 7) is 3.54. The first kappa shape index (κ1) is 22.4. The molecule has 28 heavy (non-hydrogen) atoms. The summed E-state index contributed by atoms with van der Waals surface area (Å²) in [4.78, 5) is 25.1. The van der Waals surface area contributed by atoms with Crippen molar-refractivity contribution in [2.75, 3.05) is 13.6 Å². The van der Waals surface area contributed by atoms with Gasteiger partial charge >= 0.3 is 0 Å². The molecule has 1 aromatic carbocycles. The Hall–Kier alpha value is -1.88. The van der Waals surface area contributed by atoms with E-state index in [9.17, 15) is 9.59 Å². The number of nitrogens with one attached hydrogen (secondary N) is 1. The number of benzene rings is 1. The summed E-state index contributed by atoms with van der Waals surface area (Å²) >= 11 is 0. The van der Waals surface area contributed by atoms with E-state index < -0.39 is 0 Å². The highest BCUT2D eigenvalue weighted by Crippen LogP contribution is 2.34. The summed E-state index contributed by atoms with van der Waals surface area (Å²) in [6, 6.07) is 9.20. The SMILES string of the molecule is CCCCCC(=O)N(C)C1CCC(c2ccc(CNCCC(N)=O)cc2)CC1. The van der Waals surface area contributed by atoms with Crippen LogP contribution in [0, 0.1) is 0 Å². The summed E-state index contributed by atoms with van der Waals surface area (Å²) in [5.74, 6) is 0.633. The van der Waals surface area contributed by atoms with Crippen molar-refractivity contribution >= 4 is 11.8 Å². The molecule has 0 atom stereocenters. The van der Waals surface area contributed by atoms with Crippen molar-refractivity contribution in [1.82, 2.24) is 10.2 Å². The summed E-state index contributed by atoms with van der Waals surface area (Å²) in [7, 11) is 1.99. The number of carbonyl (C=O) groups excluding carboxylic acids is 2. The van der Waals surface area contributed by atoms with Crippen molar-refractivity contribution in [2.45, 2.75) is 83.2 Å². The highest BCUT2D eigenvalue weighted by atomic mass is 16.2. The summed E-state index contributed by atoms with van der Waals surface area (Å²) in [6.07, 6.45) is 8.86. The third-order valence-electron chi connectivity index (χ3n) is 5.96. The number of amides is 2. The molecule has 1 aliphatic carbocycles. The van der Waals surface area contributed by atoms with Crippen molar-refractivity contribution in [2.24, 2.45) is 5.73 Å². The molecule has 0 aromatic heterocycles. The summed E-state index contributed by atoms with van der Waals surface area (Å²) in [5.41, 5.74) is 7.77. The van der Waals surface area contributed by atoms with Gasteiger partial charge in [-0.25, -0.2) is 0 Å². The van der Waals surface area contributed by atoms with Gasteiger partial charge in [-0.15, -0.1) is 0 Å². The van der Waals surface area contributed by atoms with Crippen LogP contribution < -0.4 is 11.1 Å². The molecule has 0 spiro atoms. The van der Waals surface area contributed by atoms with Crippen molar-refractivity contribution in [3.63, 3.8) is 0 Å². The lowest BCUT2D eigenvalue weighted by Crippen LogP contribution is -2.39. The minimum absolute atomic E-state index is 0.272. The minimum Gasteiger partial charge on any atom is -0.370 e. The summed E-state index contributed by atoms with van der Waals surface area (Å²) in [5, 5.41) is 3.24. The molecule has 0 bridgehead atoms. The van der Waals surface area contributed by atoms with Crippen LogP contribution in [0.2, 0.25) is 0 Å². The van der Waals surface area contributed by atoms with Crippen molar-refractivity contribution < 1.29 is 9.59 Å². The molecule has 0 radical (unpaired) electrons. The van der Waals surface area contributed by atoms with E-state index in [1.807, 2.05) is 11.9 Å². The molecule has 0 heterocycles. The Balaban J connectivity index is 1.75. The lowest BCUT2D eigenvalue weighted by molar-refractivity contribution is -0.132. The van der Waals surface area contributed by atoms with E-state index in [1.165, 1.54) is 11.1 Å².